The van der Waals surface area contributed by atoms with Gasteiger partial charge in [-0.15, -0.1) is 0 Å². The van der Waals surface area contributed by atoms with Crippen LogP contribution in [0.3, 0.4) is 0 Å². The number of benzene rings is 3. The molecule has 1 aliphatic heterocycles. The van der Waals surface area contributed by atoms with Crippen molar-refractivity contribution >= 4 is 68.9 Å². The number of halogens is 2. The molecule has 10 nitrogen and oxygen atoms in total. The first kappa shape index (κ1) is 37.3. The molecule has 12 heteroatoms. The van der Waals surface area contributed by atoms with E-state index < -0.39 is 5.97 Å². The van der Waals surface area contributed by atoms with Gasteiger partial charge in [0.05, 0.1) is 46.2 Å². The molecule has 3 aromatic heterocycles. The Kier molecular flexibility index (Phi) is 9.87. The Morgan fingerprint density at radius 3 is 2.37 bits per heavy atom. The van der Waals surface area contributed by atoms with E-state index in [9.17, 15) is 9.59 Å². The van der Waals surface area contributed by atoms with Crippen LogP contribution in [0.5, 0.6) is 5.75 Å². The highest BCUT2D eigenvalue weighted by molar-refractivity contribution is 6.35. The fourth-order valence-electron chi connectivity index (χ4n) is 8.13. The second-order valence-corrected chi connectivity index (χ2v) is 15.0. The van der Waals surface area contributed by atoms with Gasteiger partial charge in [-0.2, -0.15) is 5.10 Å². The summed E-state index contributed by atoms with van der Waals surface area (Å²) >= 11 is 13.5. The first-order valence-corrected chi connectivity index (χ1v) is 18.8. The number of aromatic nitrogens is 4. The standard InChI is InChI=1S/C42H43Cl2N5O5/c1-9-53-42(52)32-20-46(7)38-31(32)17-27(21-50)18-34(38)48-19-24(4)49-39-30(12-13-33(43)36(39)35-25(5)45-47(8)26(35)6)29(40(49)41(48)51)11-10-14-54-28-15-22(2)37(44)23(3)16-28/h12-13,15-18,20-21,24H,9-11,14,19H2,1-8H3/t24-/m1/s1. The van der Waals surface area contributed by atoms with E-state index in [0.29, 0.717) is 64.4 Å². The van der Waals surface area contributed by atoms with Gasteiger partial charge in [-0.1, -0.05) is 29.3 Å². The summed E-state index contributed by atoms with van der Waals surface area (Å²) in [5.74, 6) is 0.0398. The van der Waals surface area contributed by atoms with Crippen molar-refractivity contribution in [3.05, 3.63) is 97.5 Å². The summed E-state index contributed by atoms with van der Waals surface area (Å²) in [4.78, 5) is 42.3. The van der Waals surface area contributed by atoms with Gasteiger partial charge in [-0.25, -0.2) is 4.79 Å². The summed E-state index contributed by atoms with van der Waals surface area (Å²) in [6, 6.07) is 11.0. The number of rotatable bonds is 10. The first-order chi connectivity index (χ1) is 25.8. The van der Waals surface area contributed by atoms with Crippen LogP contribution in [0, 0.1) is 27.7 Å². The van der Waals surface area contributed by atoms with E-state index in [1.54, 1.807) is 30.2 Å². The van der Waals surface area contributed by atoms with Crippen LogP contribution >= 0.6 is 23.2 Å². The van der Waals surface area contributed by atoms with Gasteiger partial charge in [0.25, 0.3) is 5.91 Å². The van der Waals surface area contributed by atoms with Gasteiger partial charge in [-0.05, 0) is 101 Å². The van der Waals surface area contributed by atoms with E-state index in [-0.39, 0.29) is 18.6 Å². The Morgan fingerprint density at radius 2 is 1.72 bits per heavy atom. The van der Waals surface area contributed by atoms with E-state index in [4.69, 9.17) is 37.8 Å². The molecule has 54 heavy (non-hydrogen) atoms. The molecule has 4 heterocycles. The molecule has 6 aromatic rings. The molecule has 7 rings (SSSR count). The number of ether oxygens (including phenoxy) is 2. The number of aldehydes is 1. The van der Waals surface area contributed by atoms with Crippen molar-refractivity contribution < 1.29 is 23.9 Å². The van der Waals surface area contributed by atoms with E-state index in [1.165, 1.54) is 0 Å². The van der Waals surface area contributed by atoms with Crippen molar-refractivity contribution in [2.75, 3.05) is 24.7 Å². The van der Waals surface area contributed by atoms with Crippen molar-refractivity contribution in [1.29, 1.82) is 0 Å². The summed E-state index contributed by atoms with van der Waals surface area (Å²) in [6.07, 6.45) is 3.60. The van der Waals surface area contributed by atoms with Crippen molar-refractivity contribution in [3.63, 3.8) is 0 Å². The van der Waals surface area contributed by atoms with Gasteiger partial charge in [0.15, 0.2) is 0 Å². The number of aryl methyl sites for hydroxylation is 6. The quantitative estimate of drug-likeness (QED) is 0.0783. The topological polar surface area (TPSA) is 101 Å². The maximum absolute atomic E-state index is 15.2. The van der Waals surface area contributed by atoms with Crippen molar-refractivity contribution in [3.8, 4) is 16.9 Å². The number of nitrogens with zero attached hydrogens (tertiary/aromatic N) is 5. The van der Waals surface area contributed by atoms with E-state index >= 15 is 4.79 Å². The third-order valence-electron chi connectivity index (χ3n) is 10.6. The minimum absolute atomic E-state index is 0.207. The lowest BCUT2D eigenvalue weighted by Crippen LogP contribution is -2.43. The van der Waals surface area contributed by atoms with E-state index in [2.05, 4.69) is 11.5 Å². The van der Waals surface area contributed by atoms with Gasteiger partial charge >= 0.3 is 5.97 Å². The SMILES string of the molecule is CCOC(=O)c1cn(C)c2c(N3C[C@@H](C)n4c(c(CCCOc5cc(C)c(Cl)c(C)c5)c5ccc(Cl)c(-c6c(C)nn(C)c6C)c54)C3=O)cc(C=O)cc12. The Bertz CT molecular complexity index is 2500. The maximum atomic E-state index is 15.2. The Morgan fingerprint density at radius 1 is 1.00 bits per heavy atom. The molecule has 280 valence electrons. The van der Waals surface area contributed by atoms with Gasteiger partial charge in [0.2, 0.25) is 0 Å². The summed E-state index contributed by atoms with van der Waals surface area (Å²) in [5, 5.41) is 7.49. The summed E-state index contributed by atoms with van der Waals surface area (Å²) in [7, 11) is 3.74. The number of fused-ring (bicyclic) bond motifs is 4. The summed E-state index contributed by atoms with van der Waals surface area (Å²) in [6.45, 7) is 12.7. The lowest BCUT2D eigenvalue weighted by molar-refractivity contribution is 0.0528. The highest BCUT2D eigenvalue weighted by Crippen LogP contribution is 2.46. The molecule has 1 amide bonds. The average Bonchev–Trinajstić information content (AvgIpc) is 3.74. The zero-order valence-electron chi connectivity index (χ0n) is 31.8. The molecule has 0 bridgehead atoms. The van der Waals surface area contributed by atoms with Gasteiger partial charge in [0, 0.05) is 71.1 Å². The predicted octanol–water partition coefficient (Wildman–Crippen LogP) is 9.30. The van der Waals surface area contributed by atoms with Crippen LogP contribution in [-0.4, -0.2) is 56.8 Å². The van der Waals surface area contributed by atoms with E-state index in [1.807, 2.05) is 75.3 Å². The molecule has 1 atom stereocenters. The lowest BCUT2D eigenvalue weighted by Gasteiger charge is -2.35. The van der Waals surface area contributed by atoms with Gasteiger partial charge in [0.1, 0.15) is 17.7 Å². The molecule has 0 radical (unpaired) electrons. The Hall–Kier alpha value is -5.06. The number of carbonyl (C=O) groups is 3. The van der Waals surface area contributed by atoms with E-state index in [0.717, 1.165) is 67.2 Å². The number of hydrogen-bond donors (Lipinski definition) is 0. The number of esters is 1. The number of amides is 1. The largest absolute Gasteiger partial charge is 0.494 e. The maximum Gasteiger partial charge on any atom is 0.340 e. The highest BCUT2D eigenvalue weighted by atomic mass is 35.5. The molecule has 0 aliphatic carbocycles. The monoisotopic (exact) mass is 767 g/mol. The highest BCUT2D eigenvalue weighted by Gasteiger charge is 2.38. The van der Waals surface area contributed by atoms with Crippen LogP contribution in [0.2, 0.25) is 10.0 Å². The predicted molar refractivity (Wildman–Crippen MR) is 214 cm³/mol. The number of carbonyl (C=O) groups excluding carboxylic acids is 3. The molecule has 0 spiro atoms. The minimum Gasteiger partial charge on any atom is -0.494 e. The summed E-state index contributed by atoms with van der Waals surface area (Å²) in [5.41, 5.74) is 9.68. The first-order valence-electron chi connectivity index (χ1n) is 18.1. The third kappa shape index (κ3) is 6.05. The van der Waals surface area contributed by atoms with Crippen LogP contribution in [0.1, 0.15) is 85.6 Å². The molecular weight excluding hydrogens is 725 g/mol. The van der Waals surface area contributed by atoms with Crippen molar-refractivity contribution in [2.45, 2.75) is 60.4 Å². The smallest absolute Gasteiger partial charge is 0.340 e. The van der Waals surface area contributed by atoms with Crippen LogP contribution in [0.4, 0.5) is 5.69 Å². The van der Waals surface area contributed by atoms with Gasteiger partial charge < -0.3 is 23.5 Å². The molecule has 0 fully saturated rings. The number of anilines is 1. The fraction of sp³-hybridized carbons (Fsp3) is 0.333. The van der Waals surface area contributed by atoms with Crippen molar-refractivity contribution in [2.24, 2.45) is 14.1 Å². The second-order valence-electron chi connectivity index (χ2n) is 14.2. The fourth-order valence-corrected chi connectivity index (χ4v) is 8.48. The zero-order chi connectivity index (χ0) is 38.7. The summed E-state index contributed by atoms with van der Waals surface area (Å²) < 4.78 is 17.4. The molecule has 0 N–H and O–H groups in total. The molecule has 0 unspecified atom stereocenters. The third-order valence-corrected chi connectivity index (χ3v) is 11.5. The zero-order valence-corrected chi connectivity index (χ0v) is 33.3. The van der Waals surface area contributed by atoms with Crippen LogP contribution < -0.4 is 9.64 Å². The number of hydrogen-bond acceptors (Lipinski definition) is 6. The van der Waals surface area contributed by atoms with Crippen LogP contribution in [0.25, 0.3) is 32.9 Å². The molecular formula is C42H43Cl2N5O5. The second kappa shape index (κ2) is 14.3. The van der Waals surface area contributed by atoms with Crippen molar-refractivity contribution in [1.82, 2.24) is 18.9 Å². The van der Waals surface area contributed by atoms with Crippen LogP contribution in [0.15, 0.2) is 42.6 Å². The Labute approximate surface area is 324 Å². The molecule has 3 aromatic carbocycles. The minimum atomic E-state index is -0.491. The van der Waals surface area contributed by atoms with Crippen LogP contribution in [-0.2, 0) is 25.3 Å². The molecule has 1 aliphatic rings. The van der Waals surface area contributed by atoms with Gasteiger partial charge in [-0.3, -0.25) is 14.3 Å². The molecule has 0 saturated carbocycles. The molecule has 0 saturated heterocycles. The lowest BCUT2D eigenvalue weighted by atomic mass is 9.98. The Balaban J connectivity index is 1.40. The normalized spacial score (nSPS) is 14.3. The average molecular weight is 769 g/mol.